The number of carbonyl (C=O) groups is 1. The van der Waals surface area contributed by atoms with Crippen LogP contribution in [0.1, 0.15) is 42.2 Å². The van der Waals surface area contributed by atoms with Crippen LogP contribution in [0.2, 0.25) is 10.0 Å². The van der Waals surface area contributed by atoms with Gasteiger partial charge in [-0.3, -0.25) is 9.69 Å². The normalized spacial score (nSPS) is 14.1. The number of ether oxygens (including phenoxy) is 1. The number of nitrogens with one attached hydrogen (secondary N) is 1. The van der Waals surface area contributed by atoms with Crippen molar-refractivity contribution in [1.82, 2.24) is 14.8 Å². The second kappa shape index (κ2) is 13.4. The quantitative estimate of drug-likeness (QED) is 0.273. The van der Waals surface area contributed by atoms with Crippen LogP contribution in [0, 0.1) is 6.92 Å². The number of carbonyl (C=O) groups excluding carboxylic acids is 1. The van der Waals surface area contributed by atoms with E-state index in [1.165, 1.54) is 0 Å². The zero-order chi connectivity index (χ0) is 27.1. The lowest BCUT2D eigenvalue weighted by molar-refractivity contribution is 0.0951. The summed E-state index contributed by atoms with van der Waals surface area (Å²) < 4.78 is 7.54. The minimum Gasteiger partial charge on any atom is -0.497 e. The predicted octanol–water partition coefficient (Wildman–Crippen LogP) is 6.52. The van der Waals surface area contributed by atoms with E-state index in [9.17, 15) is 4.79 Å². The molecule has 1 aliphatic heterocycles. The predicted molar refractivity (Wildman–Crippen MR) is 158 cm³/mol. The summed E-state index contributed by atoms with van der Waals surface area (Å²) in [5, 5.41) is 4.38. The topological polar surface area (TPSA) is 49.7 Å². The largest absolute Gasteiger partial charge is 0.497 e. The second-order valence-electron chi connectivity index (χ2n) is 9.77. The monoisotopic (exact) mass is 556 g/mol. The summed E-state index contributed by atoms with van der Waals surface area (Å²) in [5.74, 6) is 0.823. The van der Waals surface area contributed by atoms with E-state index in [-0.39, 0.29) is 5.91 Å². The number of methoxy groups -OCH3 is 1. The Morgan fingerprint density at radius 3 is 2.42 bits per heavy atom. The first-order valence-corrected chi connectivity index (χ1v) is 14.2. The number of amides is 1. The number of aromatic nitrogens is 1. The smallest absolute Gasteiger partial charge is 0.253 e. The Morgan fingerprint density at radius 2 is 1.74 bits per heavy atom. The maximum Gasteiger partial charge on any atom is 0.253 e. The van der Waals surface area contributed by atoms with E-state index in [1.807, 2.05) is 55.5 Å². The minimum absolute atomic E-state index is 0.000806. The van der Waals surface area contributed by atoms with Crippen molar-refractivity contribution in [3.8, 4) is 17.0 Å². The van der Waals surface area contributed by atoms with E-state index < -0.39 is 0 Å². The van der Waals surface area contributed by atoms with Gasteiger partial charge in [-0.2, -0.15) is 0 Å². The average molecular weight is 558 g/mol. The SMILES string of the molecule is CCCn1c(-c2ccc(OC)cc2)cc(C(=O)NCCCCN2CCN(c3cccc(Cl)c3Cl)CC2)c1C. The van der Waals surface area contributed by atoms with E-state index in [0.29, 0.717) is 16.6 Å². The van der Waals surface area contributed by atoms with Gasteiger partial charge in [-0.1, -0.05) is 36.2 Å². The molecule has 0 spiro atoms. The average Bonchev–Trinajstić information content (AvgIpc) is 3.26. The number of rotatable bonds is 11. The Balaban J connectivity index is 1.25. The van der Waals surface area contributed by atoms with Gasteiger partial charge in [0.1, 0.15) is 5.75 Å². The van der Waals surface area contributed by atoms with Gasteiger partial charge in [-0.25, -0.2) is 0 Å². The van der Waals surface area contributed by atoms with Crippen LogP contribution in [0.4, 0.5) is 5.69 Å². The van der Waals surface area contributed by atoms with Crippen molar-refractivity contribution in [3.05, 3.63) is 69.8 Å². The van der Waals surface area contributed by atoms with Gasteiger partial charge in [0.15, 0.2) is 0 Å². The first-order valence-electron chi connectivity index (χ1n) is 13.5. The molecule has 0 atom stereocenters. The molecule has 2 aromatic carbocycles. The third-order valence-corrected chi connectivity index (χ3v) is 8.08. The molecule has 1 fully saturated rings. The van der Waals surface area contributed by atoms with Crippen molar-refractivity contribution < 1.29 is 9.53 Å². The first-order chi connectivity index (χ1) is 18.4. The Morgan fingerprint density at radius 1 is 1.00 bits per heavy atom. The van der Waals surface area contributed by atoms with E-state index in [0.717, 1.165) is 92.5 Å². The van der Waals surface area contributed by atoms with Gasteiger partial charge in [-0.05, 0) is 80.8 Å². The number of unbranched alkanes of at least 4 members (excludes halogenated alkanes) is 1. The van der Waals surface area contributed by atoms with Crippen molar-refractivity contribution in [1.29, 1.82) is 0 Å². The van der Waals surface area contributed by atoms with Crippen LogP contribution in [0.3, 0.4) is 0 Å². The maximum atomic E-state index is 13.1. The fourth-order valence-corrected chi connectivity index (χ4v) is 5.51. The number of hydrogen-bond donors (Lipinski definition) is 1. The van der Waals surface area contributed by atoms with E-state index >= 15 is 0 Å². The first kappa shape index (κ1) is 28.3. The Kier molecular flexibility index (Phi) is 10.0. The molecule has 0 unspecified atom stereocenters. The molecule has 38 heavy (non-hydrogen) atoms. The minimum atomic E-state index is -0.000806. The number of anilines is 1. The molecule has 2 heterocycles. The highest BCUT2D eigenvalue weighted by Crippen LogP contribution is 2.33. The highest BCUT2D eigenvalue weighted by atomic mass is 35.5. The molecule has 0 saturated carbocycles. The molecule has 0 radical (unpaired) electrons. The van der Waals surface area contributed by atoms with Crippen LogP contribution in [-0.4, -0.2) is 61.8 Å². The maximum absolute atomic E-state index is 13.1. The third kappa shape index (κ3) is 6.66. The zero-order valence-corrected chi connectivity index (χ0v) is 24.1. The molecule has 1 amide bonds. The van der Waals surface area contributed by atoms with Gasteiger partial charge < -0.3 is 19.5 Å². The molecule has 204 valence electrons. The van der Waals surface area contributed by atoms with Crippen LogP contribution in [0.25, 0.3) is 11.3 Å². The summed E-state index contributed by atoms with van der Waals surface area (Å²) in [7, 11) is 1.67. The standard InChI is InChI=1S/C30H38Cl2N4O2/c1-4-15-36-22(2)25(21-28(36)23-10-12-24(38-3)13-11-23)30(37)33-14-5-6-16-34-17-19-35(20-18-34)27-9-7-8-26(31)29(27)32/h7-13,21H,4-6,14-20H2,1-3H3,(H,33,37). The molecule has 1 saturated heterocycles. The lowest BCUT2D eigenvalue weighted by Gasteiger charge is -2.36. The molecule has 0 aliphatic carbocycles. The summed E-state index contributed by atoms with van der Waals surface area (Å²) >= 11 is 12.6. The summed E-state index contributed by atoms with van der Waals surface area (Å²) in [6.45, 7) is 10.6. The number of benzene rings is 2. The molecular formula is C30H38Cl2N4O2. The van der Waals surface area contributed by atoms with Crippen molar-refractivity contribution >= 4 is 34.8 Å². The van der Waals surface area contributed by atoms with Crippen molar-refractivity contribution in [2.24, 2.45) is 0 Å². The van der Waals surface area contributed by atoms with E-state index in [4.69, 9.17) is 27.9 Å². The summed E-state index contributed by atoms with van der Waals surface area (Å²) in [4.78, 5) is 17.9. The molecule has 8 heteroatoms. The van der Waals surface area contributed by atoms with Crippen LogP contribution in [0.15, 0.2) is 48.5 Å². The van der Waals surface area contributed by atoms with Crippen molar-refractivity contribution in [2.75, 3.05) is 51.3 Å². The van der Waals surface area contributed by atoms with Crippen molar-refractivity contribution in [2.45, 2.75) is 39.7 Å². The highest BCUT2D eigenvalue weighted by molar-refractivity contribution is 6.43. The zero-order valence-electron chi connectivity index (χ0n) is 22.6. The van der Waals surface area contributed by atoms with Gasteiger partial charge in [-0.15, -0.1) is 0 Å². The Hall–Kier alpha value is -2.67. The Labute approximate surface area is 236 Å². The Bertz CT molecular complexity index is 1220. The molecule has 6 nitrogen and oxygen atoms in total. The molecule has 1 aromatic heterocycles. The molecule has 3 aromatic rings. The number of piperazine rings is 1. The number of nitrogens with zero attached hydrogens (tertiary/aromatic N) is 3. The van der Waals surface area contributed by atoms with Crippen LogP contribution >= 0.6 is 23.2 Å². The lowest BCUT2D eigenvalue weighted by atomic mass is 10.1. The summed E-state index contributed by atoms with van der Waals surface area (Å²) in [6.07, 6.45) is 3.00. The molecule has 1 N–H and O–H groups in total. The molecular weight excluding hydrogens is 519 g/mol. The van der Waals surface area contributed by atoms with Gasteiger partial charge >= 0.3 is 0 Å². The van der Waals surface area contributed by atoms with E-state index in [2.05, 4.69) is 26.6 Å². The second-order valence-corrected chi connectivity index (χ2v) is 10.6. The third-order valence-electron chi connectivity index (χ3n) is 7.28. The van der Waals surface area contributed by atoms with Gasteiger partial charge in [0, 0.05) is 50.7 Å². The molecule has 1 aliphatic rings. The molecule has 4 rings (SSSR count). The van der Waals surface area contributed by atoms with Gasteiger partial charge in [0.2, 0.25) is 0 Å². The van der Waals surface area contributed by atoms with Gasteiger partial charge in [0.05, 0.1) is 28.4 Å². The van der Waals surface area contributed by atoms with Crippen molar-refractivity contribution in [3.63, 3.8) is 0 Å². The summed E-state index contributed by atoms with van der Waals surface area (Å²) in [5.41, 5.74) is 4.92. The van der Waals surface area contributed by atoms with Crippen LogP contribution in [-0.2, 0) is 6.54 Å². The number of halogens is 2. The molecule has 0 bridgehead atoms. The fraction of sp³-hybridized carbons (Fsp3) is 0.433. The summed E-state index contributed by atoms with van der Waals surface area (Å²) in [6, 6.07) is 15.8. The number of hydrogen-bond acceptors (Lipinski definition) is 4. The van der Waals surface area contributed by atoms with Gasteiger partial charge in [0.25, 0.3) is 5.91 Å². The van der Waals surface area contributed by atoms with Crippen LogP contribution < -0.4 is 15.0 Å². The highest BCUT2D eigenvalue weighted by Gasteiger charge is 2.20. The lowest BCUT2D eigenvalue weighted by Crippen LogP contribution is -2.46. The van der Waals surface area contributed by atoms with Crippen LogP contribution in [0.5, 0.6) is 5.75 Å². The fourth-order valence-electron chi connectivity index (χ4n) is 5.09. The van der Waals surface area contributed by atoms with E-state index in [1.54, 1.807) is 7.11 Å².